The van der Waals surface area contributed by atoms with Gasteiger partial charge in [-0.1, -0.05) is 23.7 Å². The van der Waals surface area contributed by atoms with Gasteiger partial charge in [-0.15, -0.1) is 10.2 Å². The number of benzene rings is 3. The fraction of sp³-hybridized carbons (Fsp3) is 0.0476. The van der Waals surface area contributed by atoms with Crippen molar-refractivity contribution in [2.24, 2.45) is 0 Å². The molecule has 2 heterocycles. The van der Waals surface area contributed by atoms with Crippen molar-refractivity contribution in [3.05, 3.63) is 76.8 Å². The first-order chi connectivity index (χ1) is 14.1. The van der Waals surface area contributed by atoms with Crippen LogP contribution >= 0.6 is 11.6 Å². The van der Waals surface area contributed by atoms with E-state index in [2.05, 4.69) is 10.2 Å². The monoisotopic (exact) mass is 404 g/mol. The minimum atomic E-state index is -0.348. The molecule has 1 aromatic heterocycles. The van der Waals surface area contributed by atoms with Crippen molar-refractivity contribution < 1.29 is 14.3 Å². The molecular formula is C21H13ClN4O3. The van der Waals surface area contributed by atoms with E-state index in [-0.39, 0.29) is 11.8 Å². The Morgan fingerprint density at radius 2 is 1.48 bits per heavy atom. The normalized spacial score (nSPS) is 13.2. The van der Waals surface area contributed by atoms with E-state index in [0.717, 1.165) is 4.90 Å². The number of aromatic nitrogens is 3. The van der Waals surface area contributed by atoms with Gasteiger partial charge in [0.25, 0.3) is 11.8 Å². The summed E-state index contributed by atoms with van der Waals surface area (Å²) in [5.74, 6) is -0.140. The van der Waals surface area contributed by atoms with E-state index >= 15 is 0 Å². The van der Waals surface area contributed by atoms with Gasteiger partial charge in [0.05, 0.1) is 34.6 Å². The van der Waals surface area contributed by atoms with Crippen LogP contribution in [0.4, 0.5) is 5.69 Å². The van der Waals surface area contributed by atoms with E-state index < -0.39 is 0 Å². The quantitative estimate of drug-likeness (QED) is 0.484. The first-order valence-electron chi connectivity index (χ1n) is 8.75. The lowest BCUT2D eigenvalue weighted by molar-refractivity contribution is 0.0926. The van der Waals surface area contributed by atoms with Gasteiger partial charge in [-0.05, 0) is 48.5 Å². The highest BCUT2D eigenvalue weighted by atomic mass is 35.5. The molecular weight excluding hydrogens is 392 g/mol. The molecule has 29 heavy (non-hydrogen) atoms. The van der Waals surface area contributed by atoms with Crippen LogP contribution in [-0.4, -0.2) is 33.9 Å². The number of fused-ring (bicyclic) bond motifs is 2. The number of carbonyl (C=O) groups is 2. The van der Waals surface area contributed by atoms with E-state index in [1.807, 2.05) is 0 Å². The number of methoxy groups -OCH3 is 1. The molecule has 1 aliphatic heterocycles. The fourth-order valence-corrected chi connectivity index (χ4v) is 3.61. The van der Waals surface area contributed by atoms with Crippen molar-refractivity contribution in [2.45, 2.75) is 0 Å². The highest BCUT2D eigenvalue weighted by molar-refractivity contribution is 6.34. The molecule has 2 amide bonds. The number of nitrogens with zero attached hydrogens (tertiary/aromatic N) is 4. The third-order valence-corrected chi connectivity index (χ3v) is 5.08. The third kappa shape index (κ3) is 2.67. The van der Waals surface area contributed by atoms with Crippen molar-refractivity contribution in [3.8, 4) is 11.4 Å². The molecule has 4 aromatic rings. The molecule has 0 unspecified atom stereocenters. The summed E-state index contributed by atoms with van der Waals surface area (Å²) < 4.78 is 5.16. The third-order valence-electron chi connectivity index (χ3n) is 4.78. The zero-order valence-electron chi connectivity index (χ0n) is 15.2. The van der Waals surface area contributed by atoms with E-state index in [9.17, 15) is 9.59 Å². The van der Waals surface area contributed by atoms with Crippen molar-refractivity contribution >= 4 is 40.1 Å². The molecule has 3 aromatic carbocycles. The maximum Gasteiger partial charge on any atom is 0.266 e. The van der Waals surface area contributed by atoms with Gasteiger partial charge in [-0.2, -0.15) is 4.80 Å². The number of rotatable bonds is 3. The summed E-state index contributed by atoms with van der Waals surface area (Å²) in [4.78, 5) is 28.0. The van der Waals surface area contributed by atoms with Gasteiger partial charge in [0.15, 0.2) is 0 Å². The zero-order valence-corrected chi connectivity index (χ0v) is 15.9. The Kier molecular flexibility index (Phi) is 3.85. The standard InChI is InChI=1S/C21H13ClN4O3/c1-29-19-9-7-13(10-16(19)22)26-23-17-8-6-12(11-18(17)24-26)25-20(27)14-4-2-3-5-15(14)21(25)28/h2-11H,1H3. The minimum absolute atomic E-state index is 0.348. The summed E-state index contributed by atoms with van der Waals surface area (Å²) in [5, 5.41) is 9.35. The number of hydrogen-bond donors (Lipinski definition) is 0. The van der Waals surface area contributed by atoms with E-state index in [4.69, 9.17) is 16.3 Å². The number of anilines is 1. The predicted octanol–water partition coefficient (Wildman–Crippen LogP) is 3.88. The van der Waals surface area contributed by atoms with Gasteiger partial charge in [-0.25, -0.2) is 4.90 Å². The Bertz CT molecular complexity index is 1280. The number of halogens is 1. The summed E-state index contributed by atoms with van der Waals surface area (Å²) in [7, 11) is 1.54. The average Bonchev–Trinajstić information content (AvgIpc) is 3.27. The molecule has 0 bridgehead atoms. The maximum atomic E-state index is 12.7. The molecule has 5 rings (SSSR count). The van der Waals surface area contributed by atoms with Gasteiger partial charge in [0.1, 0.15) is 16.8 Å². The first kappa shape index (κ1) is 17.4. The van der Waals surface area contributed by atoms with E-state index in [1.54, 1.807) is 67.8 Å². The van der Waals surface area contributed by atoms with Crippen LogP contribution in [0, 0.1) is 0 Å². The van der Waals surface area contributed by atoms with Gasteiger partial charge in [0, 0.05) is 0 Å². The number of carbonyl (C=O) groups excluding carboxylic acids is 2. The first-order valence-corrected chi connectivity index (χ1v) is 9.13. The lowest BCUT2D eigenvalue weighted by Crippen LogP contribution is -2.29. The van der Waals surface area contributed by atoms with E-state index in [0.29, 0.717) is 44.3 Å². The molecule has 0 spiro atoms. The molecule has 7 nitrogen and oxygen atoms in total. The Labute approximate surface area is 170 Å². The highest BCUT2D eigenvalue weighted by Crippen LogP contribution is 2.30. The SMILES string of the molecule is COc1ccc(-n2nc3ccc(N4C(=O)c5ccccc5C4=O)cc3n2)cc1Cl. The highest BCUT2D eigenvalue weighted by Gasteiger charge is 2.36. The second-order valence-electron chi connectivity index (χ2n) is 6.47. The van der Waals surface area contributed by atoms with Crippen LogP contribution in [0.3, 0.4) is 0 Å². The molecule has 142 valence electrons. The van der Waals surface area contributed by atoms with E-state index in [1.165, 1.54) is 4.80 Å². The Morgan fingerprint density at radius 3 is 2.14 bits per heavy atom. The number of ether oxygens (including phenoxy) is 1. The molecule has 0 atom stereocenters. The summed E-state index contributed by atoms with van der Waals surface area (Å²) in [5.41, 5.74) is 3.07. The van der Waals surface area contributed by atoms with Crippen LogP contribution in [0.5, 0.6) is 5.75 Å². The second-order valence-corrected chi connectivity index (χ2v) is 6.88. The predicted molar refractivity (Wildman–Crippen MR) is 108 cm³/mol. The smallest absolute Gasteiger partial charge is 0.266 e. The van der Waals surface area contributed by atoms with Crippen LogP contribution < -0.4 is 9.64 Å². The number of hydrogen-bond acceptors (Lipinski definition) is 5. The summed E-state index contributed by atoms with van der Waals surface area (Å²) >= 11 is 6.19. The molecule has 0 saturated carbocycles. The topological polar surface area (TPSA) is 77.3 Å². The summed E-state index contributed by atoms with van der Waals surface area (Å²) in [6, 6.07) is 17.1. The minimum Gasteiger partial charge on any atom is -0.495 e. The number of imide groups is 1. The molecule has 0 saturated heterocycles. The van der Waals surface area contributed by atoms with Gasteiger partial charge in [-0.3, -0.25) is 9.59 Å². The molecule has 0 aliphatic carbocycles. The molecule has 0 N–H and O–H groups in total. The number of amides is 2. The lowest BCUT2D eigenvalue weighted by Gasteiger charge is -2.13. The van der Waals surface area contributed by atoms with Crippen molar-refractivity contribution in [1.82, 2.24) is 15.0 Å². The van der Waals surface area contributed by atoms with Crippen molar-refractivity contribution in [2.75, 3.05) is 12.0 Å². The fourth-order valence-electron chi connectivity index (χ4n) is 3.36. The van der Waals surface area contributed by atoms with Crippen LogP contribution in [0.25, 0.3) is 16.7 Å². The Balaban J connectivity index is 1.55. The largest absolute Gasteiger partial charge is 0.495 e. The summed E-state index contributed by atoms with van der Waals surface area (Å²) in [6.07, 6.45) is 0. The molecule has 8 heteroatoms. The van der Waals surface area contributed by atoms with Crippen LogP contribution in [0.2, 0.25) is 5.02 Å². The molecule has 0 radical (unpaired) electrons. The maximum absolute atomic E-state index is 12.7. The second kappa shape index (κ2) is 6.42. The zero-order chi connectivity index (χ0) is 20.1. The van der Waals surface area contributed by atoms with Crippen molar-refractivity contribution in [3.63, 3.8) is 0 Å². The Morgan fingerprint density at radius 1 is 0.828 bits per heavy atom. The van der Waals surface area contributed by atoms with Gasteiger partial charge >= 0.3 is 0 Å². The van der Waals surface area contributed by atoms with Crippen LogP contribution in [-0.2, 0) is 0 Å². The lowest BCUT2D eigenvalue weighted by atomic mass is 10.1. The Hall–Kier alpha value is -3.71. The van der Waals surface area contributed by atoms with Crippen LogP contribution in [0.1, 0.15) is 20.7 Å². The average molecular weight is 405 g/mol. The van der Waals surface area contributed by atoms with Crippen molar-refractivity contribution in [1.29, 1.82) is 0 Å². The molecule has 1 aliphatic rings. The van der Waals surface area contributed by atoms with Crippen LogP contribution in [0.15, 0.2) is 60.7 Å². The van der Waals surface area contributed by atoms with Gasteiger partial charge < -0.3 is 4.74 Å². The summed E-state index contributed by atoms with van der Waals surface area (Å²) in [6.45, 7) is 0. The molecule has 0 fully saturated rings. The van der Waals surface area contributed by atoms with Gasteiger partial charge in [0.2, 0.25) is 0 Å².